The third kappa shape index (κ3) is 13.8. The van der Waals surface area contributed by atoms with Crippen LogP contribution >= 0.6 is 0 Å². The summed E-state index contributed by atoms with van der Waals surface area (Å²) in [7, 11) is 2.01. The van der Waals surface area contributed by atoms with Crippen molar-refractivity contribution in [2.45, 2.75) is 46.1 Å². The molecule has 0 N–H and O–H groups in total. The normalized spacial score (nSPS) is 11.3. The van der Waals surface area contributed by atoms with E-state index in [2.05, 4.69) is 4.90 Å². The van der Waals surface area contributed by atoms with Crippen molar-refractivity contribution in [2.24, 2.45) is 0 Å². The molecule has 0 aliphatic carbocycles. The van der Waals surface area contributed by atoms with Crippen LogP contribution in [0.15, 0.2) is 0 Å². The lowest BCUT2D eigenvalue weighted by Gasteiger charge is -2.15. The molecule has 0 bridgehead atoms. The third-order valence-corrected chi connectivity index (χ3v) is 2.73. The van der Waals surface area contributed by atoms with Gasteiger partial charge >= 0.3 is 5.97 Å². The van der Waals surface area contributed by atoms with Crippen LogP contribution in [0.5, 0.6) is 0 Å². The van der Waals surface area contributed by atoms with Crippen molar-refractivity contribution < 1.29 is 19.0 Å². The Labute approximate surface area is 123 Å². The van der Waals surface area contributed by atoms with Gasteiger partial charge < -0.3 is 19.1 Å². The largest absolute Gasteiger partial charge is 0.466 e. The van der Waals surface area contributed by atoms with Gasteiger partial charge in [-0.15, -0.1) is 0 Å². The molecule has 0 aliphatic heterocycles. The molecule has 0 aromatic carbocycles. The van der Waals surface area contributed by atoms with Crippen molar-refractivity contribution in [3.63, 3.8) is 0 Å². The molecule has 0 unspecified atom stereocenters. The van der Waals surface area contributed by atoms with Crippen LogP contribution in [0, 0.1) is 0 Å². The molecule has 0 atom stereocenters. The zero-order valence-corrected chi connectivity index (χ0v) is 13.5. The SMILES string of the molecule is CCOCCCN(C)CCC(=O)OCCCOC(C)C. The van der Waals surface area contributed by atoms with Gasteiger partial charge in [0.15, 0.2) is 0 Å². The number of carbonyl (C=O) groups is 1. The minimum absolute atomic E-state index is 0.133. The van der Waals surface area contributed by atoms with Crippen molar-refractivity contribution in [3.05, 3.63) is 0 Å². The quantitative estimate of drug-likeness (QED) is 0.384. The fourth-order valence-corrected chi connectivity index (χ4v) is 1.61. The number of esters is 1. The second kappa shape index (κ2) is 13.3. The summed E-state index contributed by atoms with van der Waals surface area (Å²) in [6, 6.07) is 0. The van der Waals surface area contributed by atoms with Crippen LogP contribution in [0.3, 0.4) is 0 Å². The van der Waals surface area contributed by atoms with E-state index in [1.54, 1.807) is 0 Å². The van der Waals surface area contributed by atoms with E-state index in [4.69, 9.17) is 14.2 Å². The van der Waals surface area contributed by atoms with Gasteiger partial charge in [-0.25, -0.2) is 0 Å². The topological polar surface area (TPSA) is 48.0 Å². The maximum Gasteiger partial charge on any atom is 0.307 e. The van der Waals surface area contributed by atoms with E-state index >= 15 is 0 Å². The predicted molar refractivity (Wildman–Crippen MR) is 79.9 cm³/mol. The lowest BCUT2D eigenvalue weighted by Crippen LogP contribution is -2.24. The molecule has 0 rings (SSSR count). The van der Waals surface area contributed by atoms with Gasteiger partial charge in [-0.05, 0) is 34.2 Å². The first-order valence-electron chi connectivity index (χ1n) is 7.59. The Morgan fingerprint density at radius 2 is 1.85 bits per heavy atom. The molecule has 0 amide bonds. The van der Waals surface area contributed by atoms with E-state index in [1.807, 2.05) is 27.8 Å². The number of ether oxygens (including phenoxy) is 3. The Balaban J connectivity index is 3.38. The monoisotopic (exact) mass is 289 g/mol. The lowest BCUT2D eigenvalue weighted by molar-refractivity contribution is -0.144. The highest BCUT2D eigenvalue weighted by atomic mass is 16.5. The van der Waals surface area contributed by atoms with E-state index in [9.17, 15) is 4.79 Å². The average molecular weight is 289 g/mol. The second-order valence-electron chi connectivity index (χ2n) is 5.10. The first kappa shape index (κ1) is 19.4. The summed E-state index contributed by atoms with van der Waals surface area (Å²) in [5, 5.41) is 0. The number of hydrogen-bond donors (Lipinski definition) is 0. The van der Waals surface area contributed by atoms with Crippen LogP contribution < -0.4 is 0 Å². The van der Waals surface area contributed by atoms with Gasteiger partial charge in [0.25, 0.3) is 0 Å². The number of rotatable bonds is 13. The molecule has 5 heteroatoms. The molecule has 0 radical (unpaired) electrons. The van der Waals surface area contributed by atoms with Crippen LogP contribution in [0.1, 0.15) is 40.0 Å². The molecular weight excluding hydrogens is 258 g/mol. The zero-order valence-electron chi connectivity index (χ0n) is 13.5. The van der Waals surface area contributed by atoms with Gasteiger partial charge in [0.05, 0.1) is 25.7 Å². The standard InChI is InChI=1S/C15H31NO4/c1-5-18-11-6-9-16(4)10-8-15(17)20-13-7-12-19-14(2)3/h14H,5-13H2,1-4H3. The molecular formula is C15H31NO4. The predicted octanol–water partition coefficient (Wildman–Crippen LogP) is 2.09. The summed E-state index contributed by atoms with van der Waals surface area (Å²) in [5.41, 5.74) is 0. The molecule has 5 nitrogen and oxygen atoms in total. The van der Waals surface area contributed by atoms with Crippen LogP contribution in [0.25, 0.3) is 0 Å². The maximum absolute atomic E-state index is 11.5. The highest BCUT2D eigenvalue weighted by molar-refractivity contribution is 5.69. The Bertz CT molecular complexity index is 234. The van der Waals surface area contributed by atoms with Crippen molar-refractivity contribution >= 4 is 5.97 Å². The Morgan fingerprint density at radius 3 is 2.50 bits per heavy atom. The van der Waals surface area contributed by atoms with Crippen LogP contribution in [0.2, 0.25) is 0 Å². The van der Waals surface area contributed by atoms with Crippen LogP contribution in [0.4, 0.5) is 0 Å². The van der Waals surface area contributed by atoms with Gasteiger partial charge in [0.2, 0.25) is 0 Å². The van der Waals surface area contributed by atoms with Gasteiger partial charge in [0, 0.05) is 32.7 Å². The number of nitrogens with zero attached hydrogens (tertiary/aromatic N) is 1. The summed E-state index contributed by atoms with van der Waals surface area (Å²) in [6.45, 7) is 10.3. The maximum atomic E-state index is 11.5. The molecule has 120 valence electrons. The molecule has 0 heterocycles. The average Bonchev–Trinajstić information content (AvgIpc) is 2.40. The van der Waals surface area contributed by atoms with Crippen molar-refractivity contribution in [2.75, 3.05) is 46.6 Å². The number of carbonyl (C=O) groups excluding carboxylic acids is 1. The van der Waals surface area contributed by atoms with Crippen molar-refractivity contribution in [1.82, 2.24) is 4.90 Å². The fourth-order valence-electron chi connectivity index (χ4n) is 1.61. The smallest absolute Gasteiger partial charge is 0.307 e. The third-order valence-electron chi connectivity index (χ3n) is 2.73. The first-order chi connectivity index (χ1) is 9.56. The van der Waals surface area contributed by atoms with Gasteiger partial charge in [0.1, 0.15) is 0 Å². The molecule has 0 aromatic heterocycles. The van der Waals surface area contributed by atoms with E-state index in [0.29, 0.717) is 19.6 Å². The zero-order chi connectivity index (χ0) is 15.2. The number of hydrogen-bond acceptors (Lipinski definition) is 5. The molecule has 0 aliphatic rings. The van der Waals surface area contributed by atoms with E-state index in [-0.39, 0.29) is 12.1 Å². The Morgan fingerprint density at radius 1 is 1.10 bits per heavy atom. The van der Waals surface area contributed by atoms with E-state index in [1.165, 1.54) is 0 Å². The Kier molecular flexibility index (Phi) is 12.9. The molecule has 0 saturated carbocycles. The minimum Gasteiger partial charge on any atom is -0.466 e. The summed E-state index contributed by atoms with van der Waals surface area (Å²) in [6.07, 6.45) is 2.42. The van der Waals surface area contributed by atoms with Gasteiger partial charge in [-0.3, -0.25) is 4.79 Å². The van der Waals surface area contributed by atoms with Crippen molar-refractivity contribution in [3.8, 4) is 0 Å². The summed E-state index contributed by atoms with van der Waals surface area (Å²) in [5.74, 6) is -0.133. The molecule has 0 fully saturated rings. The molecule has 20 heavy (non-hydrogen) atoms. The van der Waals surface area contributed by atoms with Gasteiger partial charge in [-0.1, -0.05) is 0 Å². The van der Waals surface area contributed by atoms with E-state index < -0.39 is 0 Å². The molecule has 0 spiro atoms. The van der Waals surface area contributed by atoms with Crippen molar-refractivity contribution in [1.29, 1.82) is 0 Å². The highest BCUT2D eigenvalue weighted by Crippen LogP contribution is 1.96. The van der Waals surface area contributed by atoms with E-state index in [0.717, 1.165) is 39.1 Å². The lowest BCUT2D eigenvalue weighted by atomic mass is 10.3. The van der Waals surface area contributed by atoms with Crippen LogP contribution in [-0.2, 0) is 19.0 Å². The highest BCUT2D eigenvalue weighted by Gasteiger charge is 2.05. The first-order valence-corrected chi connectivity index (χ1v) is 7.59. The summed E-state index contributed by atoms with van der Waals surface area (Å²) >= 11 is 0. The van der Waals surface area contributed by atoms with Gasteiger partial charge in [-0.2, -0.15) is 0 Å². The summed E-state index contributed by atoms with van der Waals surface area (Å²) in [4.78, 5) is 13.6. The van der Waals surface area contributed by atoms with Crippen LogP contribution in [-0.4, -0.2) is 63.5 Å². The Hall–Kier alpha value is -0.650. The minimum atomic E-state index is -0.133. The second-order valence-corrected chi connectivity index (χ2v) is 5.10. The molecule has 0 aromatic rings. The summed E-state index contributed by atoms with van der Waals surface area (Å²) < 4.78 is 15.8. The molecule has 0 saturated heterocycles. The fraction of sp³-hybridized carbons (Fsp3) is 0.933.